The molecule has 0 heterocycles. The molecule has 0 amide bonds. The van der Waals surface area contributed by atoms with Gasteiger partial charge in [0.05, 0.1) is 0 Å². The molecule has 0 aliphatic rings. The molecule has 0 aliphatic heterocycles. The molecule has 0 nitrogen and oxygen atoms in total. The average molecular weight is 583 g/mol. The zero-order chi connectivity index (χ0) is 30.5. The van der Waals surface area contributed by atoms with Crippen molar-refractivity contribution < 1.29 is 0 Å². The van der Waals surface area contributed by atoms with Crippen molar-refractivity contribution >= 4 is 43.1 Å². The third-order valence-corrected chi connectivity index (χ3v) is 9.44. The van der Waals surface area contributed by atoms with E-state index >= 15 is 0 Å². The average Bonchev–Trinajstić information content (AvgIpc) is 3.13. The lowest BCUT2D eigenvalue weighted by molar-refractivity contribution is 1.61. The quantitative estimate of drug-likeness (QED) is 0.181. The van der Waals surface area contributed by atoms with E-state index < -0.39 is 0 Å². The summed E-state index contributed by atoms with van der Waals surface area (Å²) in [4.78, 5) is 0. The Morgan fingerprint density at radius 2 is 0.696 bits per heavy atom. The summed E-state index contributed by atoms with van der Waals surface area (Å²) in [6.45, 7) is 0. The Bertz CT molecular complexity index is 2520. The summed E-state index contributed by atoms with van der Waals surface area (Å²) in [5.41, 5.74) is 10.0. The van der Waals surface area contributed by atoms with Crippen LogP contribution in [0, 0.1) is 0 Å². The molecule has 0 fully saturated rings. The number of benzene rings is 9. The minimum atomic E-state index is 1.22. The summed E-state index contributed by atoms with van der Waals surface area (Å²) in [6.07, 6.45) is 0. The van der Waals surface area contributed by atoms with Gasteiger partial charge in [0.15, 0.2) is 0 Å². The highest BCUT2D eigenvalue weighted by molar-refractivity contribution is 6.23. The van der Waals surface area contributed by atoms with E-state index in [9.17, 15) is 0 Å². The molecule has 0 saturated carbocycles. The van der Waals surface area contributed by atoms with E-state index in [-0.39, 0.29) is 0 Å². The Hall–Kier alpha value is -5.98. The van der Waals surface area contributed by atoms with Gasteiger partial charge in [-0.1, -0.05) is 170 Å². The molecule has 0 bridgehead atoms. The lowest BCUT2D eigenvalue weighted by atomic mass is 9.84. The lowest BCUT2D eigenvalue weighted by Gasteiger charge is -2.19. The third kappa shape index (κ3) is 4.30. The minimum absolute atomic E-state index is 1.22. The highest BCUT2D eigenvalue weighted by Gasteiger charge is 2.18. The number of hydrogen-bond donors (Lipinski definition) is 0. The van der Waals surface area contributed by atoms with E-state index in [0.717, 1.165) is 0 Å². The number of fused-ring (bicyclic) bond motifs is 4. The summed E-state index contributed by atoms with van der Waals surface area (Å²) >= 11 is 0. The molecular formula is C46H30. The van der Waals surface area contributed by atoms with Gasteiger partial charge in [-0.05, 0) is 99.7 Å². The van der Waals surface area contributed by atoms with Crippen LogP contribution in [0.15, 0.2) is 182 Å². The first-order valence-corrected chi connectivity index (χ1v) is 15.9. The second-order valence-corrected chi connectivity index (χ2v) is 12.1. The van der Waals surface area contributed by atoms with Crippen LogP contribution in [0.3, 0.4) is 0 Å². The molecule has 9 rings (SSSR count). The van der Waals surface area contributed by atoms with Gasteiger partial charge in [0.1, 0.15) is 0 Å². The zero-order valence-corrected chi connectivity index (χ0v) is 25.3. The maximum atomic E-state index is 2.40. The molecule has 0 saturated heterocycles. The minimum Gasteiger partial charge on any atom is -0.0622 e. The van der Waals surface area contributed by atoms with Crippen molar-refractivity contribution in [3.05, 3.63) is 182 Å². The fourth-order valence-corrected chi connectivity index (χ4v) is 7.34. The molecule has 0 spiro atoms. The third-order valence-electron chi connectivity index (χ3n) is 9.44. The standard InChI is InChI=1S/C46H30/c1-2-14-33(15-3-1)45-39-20-8-10-22-41(39)46(42-23-11-9-21-40(42)45)43-24-12-17-32-26-28-36(30-44(32)43)38-19-7-6-18-37(38)35-27-25-31-13-4-5-16-34(31)29-35/h1-30H. The summed E-state index contributed by atoms with van der Waals surface area (Å²) in [6, 6.07) is 66.5. The summed E-state index contributed by atoms with van der Waals surface area (Å²) < 4.78 is 0. The highest BCUT2D eigenvalue weighted by atomic mass is 14.2. The van der Waals surface area contributed by atoms with Crippen LogP contribution in [0.5, 0.6) is 0 Å². The summed E-state index contributed by atoms with van der Waals surface area (Å²) in [5.74, 6) is 0. The predicted molar refractivity (Wildman–Crippen MR) is 198 cm³/mol. The molecular weight excluding hydrogens is 553 g/mol. The van der Waals surface area contributed by atoms with Crippen molar-refractivity contribution in [3.63, 3.8) is 0 Å². The first-order chi connectivity index (χ1) is 22.8. The molecule has 9 aromatic carbocycles. The summed E-state index contributed by atoms with van der Waals surface area (Å²) in [5, 5.41) is 10.1. The number of hydrogen-bond acceptors (Lipinski definition) is 0. The van der Waals surface area contributed by atoms with Gasteiger partial charge >= 0.3 is 0 Å². The van der Waals surface area contributed by atoms with Crippen LogP contribution in [0.25, 0.3) is 87.6 Å². The zero-order valence-electron chi connectivity index (χ0n) is 25.3. The smallest absolute Gasteiger partial charge is 0.00201 e. The topological polar surface area (TPSA) is 0 Å². The fourth-order valence-electron chi connectivity index (χ4n) is 7.34. The van der Waals surface area contributed by atoms with Crippen LogP contribution in [-0.4, -0.2) is 0 Å². The van der Waals surface area contributed by atoms with Crippen molar-refractivity contribution in [2.75, 3.05) is 0 Å². The van der Waals surface area contributed by atoms with Crippen LogP contribution >= 0.6 is 0 Å². The van der Waals surface area contributed by atoms with Crippen LogP contribution in [0.4, 0.5) is 0 Å². The van der Waals surface area contributed by atoms with E-state index in [2.05, 4.69) is 182 Å². The molecule has 9 aromatic rings. The van der Waals surface area contributed by atoms with E-state index in [1.54, 1.807) is 0 Å². The van der Waals surface area contributed by atoms with Gasteiger partial charge in [0.2, 0.25) is 0 Å². The van der Waals surface area contributed by atoms with E-state index in [0.29, 0.717) is 0 Å². The van der Waals surface area contributed by atoms with Crippen molar-refractivity contribution in [2.45, 2.75) is 0 Å². The van der Waals surface area contributed by atoms with Crippen molar-refractivity contribution in [1.82, 2.24) is 0 Å². The predicted octanol–water partition coefficient (Wildman–Crippen LogP) is 13.0. The molecule has 0 unspecified atom stereocenters. The largest absolute Gasteiger partial charge is 0.0622 e. The second-order valence-electron chi connectivity index (χ2n) is 12.1. The Morgan fingerprint density at radius 3 is 1.37 bits per heavy atom. The van der Waals surface area contributed by atoms with E-state index in [1.165, 1.54) is 87.6 Å². The molecule has 0 atom stereocenters. The summed E-state index contributed by atoms with van der Waals surface area (Å²) in [7, 11) is 0. The van der Waals surface area contributed by atoms with Gasteiger partial charge in [0.25, 0.3) is 0 Å². The maximum Gasteiger partial charge on any atom is -0.00201 e. The molecule has 214 valence electrons. The number of rotatable bonds is 4. The van der Waals surface area contributed by atoms with Crippen LogP contribution in [0.1, 0.15) is 0 Å². The second kappa shape index (κ2) is 10.9. The van der Waals surface area contributed by atoms with Crippen LogP contribution in [0.2, 0.25) is 0 Å². The normalized spacial score (nSPS) is 11.5. The van der Waals surface area contributed by atoms with Gasteiger partial charge in [-0.15, -0.1) is 0 Å². The Morgan fingerprint density at radius 1 is 0.217 bits per heavy atom. The van der Waals surface area contributed by atoms with E-state index in [4.69, 9.17) is 0 Å². The monoisotopic (exact) mass is 582 g/mol. The van der Waals surface area contributed by atoms with Crippen molar-refractivity contribution in [1.29, 1.82) is 0 Å². The van der Waals surface area contributed by atoms with Crippen LogP contribution in [-0.2, 0) is 0 Å². The van der Waals surface area contributed by atoms with Gasteiger partial charge < -0.3 is 0 Å². The van der Waals surface area contributed by atoms with Crippen molar-refractivity contribution in [2.24, 2.45) is 0 Å². The first kappa shape index (κ1) is 26.4. The Balaban J connectivity index is 1.30. The first-order valence-electron chi connectivity index (χ1n) is 15.9. The lowest BCUT2D eigenvalue weighted by Crippen LogP contribution is -1.92. The Labute approximate surface area is 268 Å². The highest BCUT2D eigenvalue weighted by Crippen LogP contribution is 2.46. The molecule has 0 radical (unpaired) electrons. The van der Waals surface area contributed by atoms with Gasteiger partial charge in [-0.25, -0.2) is 0 Å². The molecule has 0 aliphatic carbocycles. The maximum absolute atomic E-state index is 2.40. The van der Waals surface area contributed by atoms with E-state index in [1.807, 2.05) is 0 Å². The van der Waals surface area contributed by atoms with Gasteiger partial charge in [-0.3, -0.25) is 0 Å². The van der Waals surface area contributed by atoms with Crippen LogP contribution < -0.4 is 0 Å². The van der Waals surface area contributed by atoms with Gasteiger partial charge in [0, 0.05) is 0 Å². The molecule has 0 heteroatoms. The van der Waals surface area contributed by atoms with Gasteiger partial charge in [-0.2, -0.15) is 0 Å². The molecule has 0 N–H and O–H groups in total. The molecule has 46 heavy (non-hydrogen) atoms. The SMILES string of the molecule is c1ccc(-c2c3ccccc3c(-c3cccc4ccc(-c5ccccc5-c5ccc6ccccc6c5)cc34)c3ccccc23)cc1. The Kier molecular flexibility index (Phi) is 6.25. The van der Waals surface area contributed by atoms with Crippen molar-refractivity contribution in [3.8, 4) is 44.5 Å². The fraction of sp³-hybridized carbons (Fsp3) is 0. The molecule has 0 aromatic heterocycles.